The van der Waals surface area contributed by atoms with Crippen LogP contribution < -0.4 is 9.47 Å². The van der Waals surface area contributed by atoms with Crippen LogP contribution in [0.1, 0.15) is 33.2 Å². The number of carbonyl (C=O) groups is 3. The lowest BCUT2D eigenvalue weighted by atomic mass is 10.0. The first-order chi connectivity index (χ1) is 15.0. The first-order valence-electron chi connectivity index (χ1n) is 9.68. The molecular weight excluding hydrogens is 396 g/mol. The summed E-state index contributed by atoms with van der Waals surface area (Å²) in [4.78, 5) is 36.8. The molecule has 0 fully saturated rings. The van der Waals surface area contributed by atoms with Gasteiger partial charge in [0.05, 0.1) is 7.11 Å². The standard InChI is InChI=1S/C25H22O6/c1-17(24(27)19-8-12-21(29-2)13-9-19)31-23(26)16-30-22-14-10-20(11-15-22)25(28)18-6-4-3-5-7-18/h3-15,17H,16H2,1-2H3/t17-/m0/s1. The lowest BCUT2D eigenvalue weighted by Crippen LogP contribution is -2.27. The van der Waals surface area contributed by atoms with E-state index in [1.54, 1.807) is 72.8 Å². The Labute approximate surface area is 180 Å². The van der Waals surface area contributed by atoms with E-state index < -0.39 is 12.1 Å². The average Bonchev–Trinajstić information content (AvgIpc) is 2.82. The molecule has 0 bridgehead atoms. The summed E-state index contributed by atoms with van der Waals surface area (Å²) in [6.07, 6.45) is -0.949. The van der Waals surface area contributed by atoms with Crippen LogP contribution in [0.2, 0.25) is 0 Å². The van der Waals surface area contributed by atoms with Crippen LogP contribution in [0.3, 0.4) is 0 Å². The monoisotopic (exact) mass is 418 g/mol. The molecule has 0 heterocycles. The lowest BCUT2D eigenvalue weighted by molar-refractivity contribution is -0.148. The van der Waals surface area contributed by atoms with Gasteiger partial charge in [0, 0.05) is 16.7 Å². The molecule has 6 nitrogen and oxygen atoms in total. The first kappa shape index (κ1) is 21.8. The summed E-state index contributed by atoms with van der Waals surface area (Å²) in [7, 11) is 1.54. The van der Waals surface area contributed by atoms with Crippen molar-refractivity contribution in [2.75, 3.05) is 13.7 Å². The van der Waals surface area contributed by atoms with Crippen LogP contribution in [-0.2, 0) is 9.53 Å². The third-order valence-electron chi connectivity index (χ3n) is 4.56. The zero-order chi connectivity index (χ0) is 22.2. The van der Waals surface area contributed by atoms with Gasteiger partial charge in [-0.2, -0.15) is 0 Å². The maximum atomic E-state index is 12.4. The molecule has 0 amide bonds. The number of carbonyl (C=O) groups excluding carboxylic acids is 3. The normalized spacial score (nSPS) is 11.3. The predicted octanol–water partition coefficient (Wildman–Crippen LogP) is 4.12. The summed E-state index contributed by atoms with van der Waals surface area (Å²) in [5.41, 5.74) is 1.52. The van der Waals surface area contributed by atoms with Crippen molar-refractivity contribution in [3.05, 3.63) is 95.6 Å². The summed E-state index contributed by atoms with van der Waals surface area (Å²) in [5, 5.41) is 0. The molecule has 1 atom stereocenters. The van der Waals surface area contributed by atoms with E-state index in [1.165, 1.54) is 14.0 Å². The molecule has 6 heteroatoms. The van der Waals surface area contributed by atoms with Gasteiger partial charge in [-0.1, -0.05) is 30.3 Å². The fraction of sp³-hybridized carbons (Fsp3) is 0.160. The van der Waals surface area contributed by atoms with Crippen molar-refractivity contribution < 1.29 is 28.6 Å². The number of ketones is 2. The Hall–Kier alpha value is -3.93. The predicted molar refractivity (Wildman–Crippen MR) is 115 cm³/mol. The summed E-state index contributed by atoms with van der Waals surface area (Å²) >= 11 is 0. The Morgan fingerprint density at radius 1 is 0.742 bits per heavy atom. The average molecular weight is 418 g/mol. The summed E-state index contributed by atoms with van der Waals surface area (Å²) in [5.74, 6) is -0.0437. The fourth-order valence-corrected chi connectivity index (χ4v) is 2.88. The molecule has 0 unspecified atom stereocenters. The Kier molecular flexibility index (Phi) is 7.17. The largest absolute Gasteiger partial charge is 0.497 e. The van der Waals surface area contributed by atoms with Crippen molar-refractivity contribution >= 4 is 17.5 Å². The van der Waals surface area contributed by atoms with E-state index in [2.05, 4.69) is 0 Å². The van der Waals surface area contributed by atoms with Gasteiger partial charge >= 0.3 is 5.97 Å². The van der Waals surface area contributed by atoms with Crippen LogP contribution in [0.15, 0.2) is 78.9 Å². The number of Topliss-reactive ketones (excluding diaryl/α,β-unsaturated/α-hetero) is 1. The quantitative estimate of drug-likeness (QED) is 0.384. The molecule has 0 spiro atoms. The smallest absolute Gasteiger partial charge is 0.344 e. The van der Waals surface area contributed by atoms with Gasteiger partial charge in [-0.05, 0) is 55.5 Å². The van der Waals surface area contributed by atoms with Crippen LogP contribution in [0.25, 0.3) is 0 Å². The van der Waals surface area contributed by atoms with E-state index in [9.17, 15) is 14.4 Å². The van der Waals surface area contributed by atoms with Gasteiger partial charge < -0.3 is 14.2 Å². The van der Waals surface area contributed by atoms with Gasteiger partial charge in [-0.3, -0.25) is 9.59 Å². The summed E-state index contributed by atoms with van der Waals surface area (Å²) in [6.45, 7) is 1.15. The highest BCUT2D eigenvalue weighted by Crippen LogP contribution is 2.16. The Bertz CT molecular complexity index is 1040. The number of benzene rings is 3. The van der Waals surface area contributed by atoms with E-state index in [0.29, 0.717) is 28.2 Å². The zero-order valence-electron chi connectivity index (χ0n) is 17.2. The molecule has 0 radical (unpaired) electrons. The van der Waals surface area contributed by atoms with Gasteiger partial charge in [-0.25, -0.2) is 4.79 Å². The maximum Gasteiger partial charge on any atom is 0.344 e. The third kappa shape index (κ3) is 5.79. The fourth-order valence-electron chi connectivity index (χ4n) is 2.88. The van der Waals surface area contributed by atoms with Crippen molar-refractivity contribution in [3.63, 3.8) is 0 Å². The lowest BCUT2D eigenvalue weighted by Gasteiger charge is -2.13. The van der Waals surface area contributed by atoms with E-state index in [0.717, 1.165) is 0 Å². The molecule has 3 aromatic carbocycles. The molecule has 0 aromatic heterocycles. The molecule has 0 saturated heterocycles. The molecule has 0 N–H and O–H groups in total. The number of rotatable bonds is 9. The Balaban J connectivity index is 1.50. The number of esters is 1. The second-order valence-electron chi connectivity index (χ2n) is 6.73. The van der Waals surface area contributed by atoms with E-state index >= 15 is 0 Å². The zero-order valence-corrected chi connectivity index (χ0v) is 17.2. The number of methoxy groups -OCH3 is 1. The molecular formula is C25H22O6. The molecule has 0 saturated carbocycles. The Morgan fingerprint density at radius 2 is 1.29 bits per heavy atom. The van der Waals surface area contributed by atoms with Crippen molar-refractivity contribution in [2.24, 2.45) is 0 Å². The van der Waals surface area contributed by atoms with Gasteiger partial charge in [0.15, 0.2) is 18.5 Å². The van der Waals surface area contributed by atoms with Crippen LogP contribution in [0, 0.1) is 0 Å². The highest BCUT2D eigenvalue weighted by molar-refractivity contribution is 6.09. The highest BCUT2D eigenvalue weighted by Gasteiger charge is 2.20. The second-order valence-corrected chi connectivity index (χ2v) is 6.73. The second kappa shape index (κ2) is 10.2. The third-order valence-corrected chi connectivity index (χ3v) is 4.56. The SMILES string of the molecule is COc1ccc(C(=O)[C@H](C)OC(=O)COc2ccc(C(=O)c3ccccc3)cc2)cc1. The van der Waals surface area contributed by atoms with Gasteiger partial charge in [0.25, 0.3) is 0 Å². The minimum absolute atomic E-state index is 0.0996. The molecule has 0 aliphatic carbocycles. The number of hydrogen-bond donors (Lipinski definition) is 0. The minimum Gasteiger partial charge on any atom is -0.497 e. The first-order valence-corrected chi connectivity index (χ1v) is 9.68. The molecule has 158 valence electrons. The van der Waals surface area contributed by atoms with E-state index in [4.69, 9.17) is 14.2 Å². The maximum absolute atomic E-state index is 12.4. The van der Waals surface area contributed by atoms with Crippen LogP contribution in [0.4, 0.5) is 0 Å². The number of ether oxygens (including phenoxy) is 3. The molecule has 0 aliphatic heterocycles. The number of hydrogen-bond acceptors (Lipinski definition) is 6. The summed E-state index contributed by atoms with van der Waals surface area (Å²) < 4.78 is 15.6. The van der Waals surface area contributed by atoms with Crippen LogP contribution >= 0.6 is 0 Å². The van der Waals surface area contributed by atoms with Gasteiger partial charge in [0.1, 0.15) is 11.5 Å². The summed E-state index contributed by atoms with van der Waals surface area (Å²) in [6, 6.07) is 22.0. The molecule has 3 aromatic rings. The molecule has 31 heavy (non-hydrogen) atoms. The van der Waals surface area contributed by atoms with Crippen molar-refractivity contribution in [3.8, 4) is 11.5 Å². The molecule has 3 rings (SSSR count). The van der Waals surface area contributed by atoms with Gasteiger partial charge in [-0.15, -0.1) is 0 Å². The minimum atomic E-state index is -0.949. The van der Waals surface area contributed by atoms with Crippen molar-refractivity contribution in [1.29, 1.82) is 0 Å². The van der Waals surface area contributed by atoms with Crippen molar-refractivity contribution in [1.82, 2.24) is 0 Å². The van der Waals surface area contributed by atoms with Crippen LogP contribution in [-0.4, -0.2) is 37.4 Å². The van der Waals surface area contributed by atoms with Crippen LogP contribution in [0.5, 0.6) is 11.5 Å². The topological polar surface area (TPSA) is 78.9 Å². The van der Waals surface area contributed by atoms with Gasteiger partial charge in [0.2, 0.25) is 5.78 Å². The molecule has 0 aliphatic rings. The van der Waals surface area contributed by atoms with E-state index in [-0.39, 0.29) is 18.2 Å². The highest BCUT2D eigenvalue weighted by atomic mass is 16.6. The van der Waals surface area contributed by atoms with E-state index in [1.807, 2.05) is 6.07 Å². The van der Waals surface area contributed by atoms with Crippen molar-refractivity contribution in [2.45, 2.75) is 13.0 Å². The Morgan fingerprint density at radius 3 is 1.90 bits per heavy atom.